The lowest BCUT2D eigenvalue weighted by molar-refractivity contribution is -0.148. The molecule has 0 radical (unpaired) electrons. The molecule has 7 nitrogen and oxygen atoms in total. The van der Waals surface area contributed by atoms with Gasteiger partial charge in [-0.3, -0.25) is 9.69 Å². The molecule has 1 fully saturated rings. The van der Waals surface area contributed by atoms with Crippen LogP contribution < -0.4 is 5.32 Å². The number of aliphatic carboxylic acids is 1. The minimum absolute atomic E-state index is 0.145. The van der Waals surface area contributed by atoms with Crippen LogP contribution in [0.25, 0.3) is 0 Å². The number of amides is 2. The molecule has 3 heterocycles. The first-order valence-corrected chi connectivity index (χ1v) is 13.6. The smallest absolute Gasteiger partial charge is 0.330 e. The fourth-order valence-corrected chi connectivity index (χ4v) is 6.87. The van der Waals surface area contributed by atoms with Crippen LogP contribution in [0.5, 0.6) is 0 Å². The summed E-state index contributed by atoms with van der Waals surface area (Å²) in [6, 6.07) is 20.2. The summed E-state index contributed by atoms with van der Waals surface area (Å²) in [6.45, 7) is 7.16. The highest BCUT2D eigenvalue weighted by atomic mass is 32.1. The van der Waals surface area contributed by atoms with Crippen molar-refractivity contribution in [3.8, 4) is 0 Å². The number of carbonyl (C=O) groups is 3. The summed E-state index contributed by atoms with van der Waals surface area (Å²) < 4.78 is 5.76. The van der Waals surface area contributed by atoms with Gasteiger partial charge in [-0.05, 0) is 74.5 Å². The number of hydrogen-bond acceptors (Lipinski definition) is 5. The summed E-state index contributed by atoms with van der Waals surface area (Å²) in [6.07, 6.45) is 0. The maximum absolute atomic E-state index is 14.3. The summed E-state index contributed by atoms with van der Waals surface area (Å²) in [5.41, 5.74) is 1.33. The minimum Gasteiger partial charge on any atom is -0.479 e. The number of para-hydroxylation sites is 1. The first kappa shape index (κ1) is 26.4. The molecule has 1 saturated heterocycles. The Bertz CT molecular complexity index is 1520. The Labute approximate surface area is 231 Å². The molecule has 200 valence electrons. The summed E-state index contributed by atoms with van der Waals surface area (Å²) in [7, 11) is 0. The van der Waals surface area contributed by atoms with Gasteiger partial charge >= 0.3 is 12.0 Å². The Morgan fingerprint density at radius 3 is 2.21 bits per heavy atom. The van der Waals surface area contributed by atoms with E-state index in [0.717, 1.165) is 16.0 Å². The Hall–Kier alpha value is -4.17. The number of ketones is 1. The zero-order chi connectivity index (χ0) is 27.9. The van der Waals surface area contributed by atoms with Crippen molar-refractivity contribution in [3.05, 3.63) is 111 Å². The summed E-state index contributed by atoms with van der Waals surface area (Å²) in [4.78, 5) is 43.8. The lowest BCUT2D eigenvalue weighted by atomic mass is 9.74. The van der Waals surface area contributed by atoms with Gasteiger partial charge in [-0.1, -0.05) is 48.0 Å². The number of nitrogens with one attached hydrogen (secondary N) is 1. The van der Waals surface area contributed by atoms with Gasteiger partial charge in [-0.2, -0.15) is 0 Å². The van der Waals surface area contributed by atoms with Gasteiger partial charge in [0.05, 0.1) is 12.0 Å². The van der Waals surface area contributed by atoms with Crippen molar-refractivity contribution in [2.45, 2.75) is 45.2 Å². The number of rotatable bonds is 6. The summed E-state index contributed by atoms with van der Waals surface area (Å²) in [5.74, 6) is -2.56. The minimum atomic E-state index is -1.76. The Balaban J connectivity index is 1.77. The van der Waals surface area contributed by atoms with Gasteiger partial charge in [-0.15, -0.1) is 11.3 Å². The van der Waals surface area contributed by atoms with Crippen LogP contribution in [0.15, 0.2) is 82.6 Å². The highest BCUT2D eigenvalue weighted by Gasteiger charge is 2.66. The van der Waals surface area contributed by atoms with E-state index in [2.05, 4.69) is 5.32 Å². The number of carbonyl (C=O) groups excluding carboxylic acids is 2. The van der Waals surface area contributed by atoms with Gasteiger partial charge in [0, 0.05) is 16.5 Å². The molecule has 4 atom stereocenters. The van der Waals surface area contributed by atoms with Crippen molar-refractivity contribution < 1.29 is 23.9 Å². The molecule has 2 aromatic heterocycles. The average molecular weight is 543 g/mol. The maximum Gasteiger partial charge on any atom is 0.330 e. The molecule has 5 rings (SSSR count). The number of Topliss-reactive ketones (excluding diaryl/α,β-unsaturated/α-hetero) is 1. The van der Waals surface area contributed by atoms with E-state index in [4.69, 9.17) is 4.42 Å². The van der Waals surface area contributed by atoms with E-state index < -0.39 is 35.4 Å². The second kappa shape index (κ2) is 10.2. The number of furan rings is 1. The van der Waals surface area contributed by atoms with Crippen LogP contribution in [0, 0.1) is 26.7 Å². The van der Waals surface area contributed by atoms with E-state index >= 15 is 0 Å². The van der Waals surface area contributed by atoms with Gasteiger partial charge in [0.25, 0.3) is 0 Å². The molecule has 4 aromatic rings. The molecule has 2 N–H and O–H groups in total. The third kappa shape index (κ3) is 4.55. The Morgan fingerprint density at radius 1 is 0.949 bits per heavy atom. The van der Waals surface area contributed by atoms with Crippen molar-refractivity contribution >= 4 is 34.8 Å². The number of benzene rings is 2. The van der Waals surface area contributed by atoms with Crippen molar-refractivity contribution in [2.24, 2.45) is 5.92 Å². The van der Waals surface area contributed by atoms with E-state index in [-0.39, 0.29) is 11.5 Å². The van der Waals surface area contributed by atoms with Gasteiger partial charge in [0.15, 0.2) is 5.76 Å². The summed E-state index contributed by atoms with van der Waals surface area (Å²) in [5, 5.41) is 15.6. The number of thiophene rings is 1. The molecule has 39 heavy (non-hydrogen) atoms. The number of likely N-dealkylation sites (tertiary alicyclic amines) is 1. The maximum atomic E-state index is 14.3. The number of urea groups is 1. The SMILES string of the molecule is Cc1ccc(C2C(C(=O)c3ccc(C)o3)C(c3sccc3C)C(C)(C(=O)O)N2C(=O)Nc2ccccc2)cc1. The van der Waals surface area contributed by atoms with Crippen LogP contribution in [0.4, 0.5) is 10.5 Å². The molecule has 2 aromatic carbocycles. The van der Waals surface area contributed by atoms with Crippen LogP contribution in [0.3, 0.4) is 0 Å². The van der Waals surface area contributed by atoms with E-state index in [1.807, 2.05) is 55.6 Å². The predicted molar refractivity (Wildman–Crippen MR) is 150 cm³/mol. The molecule has 2 amide bonds. The molecule has 0 spiro atoms. The van der Waals surface area contributed by atoms with Crippen LogP contribution in [-0.2, 0) is 4.79 Å². The van der Waals surface area contributed by atoms with Gasteiger partial charge in [0.1, 0.15) is 11.3 Å². The summed E-state index contributed by atoms with van der Waals surface area (Å²) >= 11 is 1.40. The molecular weight excluding hydrogens is 512 g/mol. The van der Waals surface area contributed by atoms with Crippen molar-refractivity contribution in [1.82, 2.24) is 4.90 Å². The van der Waals surface area contributed by atoms with Gasteiger partial charge < -0.3 is 14.8 Å². The first-order valence-electron chi connectivity index (χ1n) is 12.7. The van der Waals surface area contributed by atoms with Crippen LogP contribution >= 0.6 is 11.3 Å². The van der Waals surface area contributed by atoms with Crippen LogP contribution in [0.2, 0.25) is 0 Å². The lowest BCUT2D eigenvalue weighted by Gasteiger charge is -2.37. The first-order chi connectivity index (χ1) is 18.6. The quantitative estimate of drug-likeness (QED) is 0.256. The van der Waals surface area contributed by atoms with Gasteiger partial charge in [-0.25, -0.2) is 9.59 Å². The number of hydrogen-bond donors (Lipinski definition) is 2. The molecule has 8 heteroatoms. The zero-order valence-electron chi connectivity index (χ0n) is 22.2. The third-order valence-electron chi connectivity index (χ3n) is 7.65. The topological polar surface area (TPSA) is 99.8 Å². The number of aryl methyl sites for hydroxylation is 3. The average Bonchev–Trinajstić information content (AvgIpc) is 3.60. The van der Waals surface area contributed by atoms with Crippen molar-refractivity contribution in [3.63, 3.8) is 0 Å². The van der Waals surface area contributed by atoms with Crippen molar-refractivity contribution in [1.29, 1.82) is 0 Å². The van der Waals surface area contributed by atoms with E-state index in [1.165, 1.54) is 16.2 Å². The molecule has 0 aliphatic carbocycles. The fraction of sp³-hybridized carbons (Fsp3) is 0.258. The number of carboxylic acid groups (broad SMARTS) is 1. The molecule has 1 aliphatic rings. The molecule has 0 bridgehead atoms. The number of anilines is 1. The standard InChI is InChI=1S/C31H30N2O5S/c1-18-10-13-21(14-11-18)26-24(27(34)23-15-12-20(3)38-23)25(28-19(2)16-17-39-28)31(4,29(35)36)33(26)30(37)32-22-8-6-5-7-9-22/h5-17,24-26H,1-4H3,(H,32,37)(H,35,36). The zero-order valence-corrected chi connectivity index (χ0v) is 23.0. The van der Waals surface area contributed by atoms with Crippen molar-refractivity contribution in [2.75, 3.05) is 5.32 Å². The van der Waals surface area contributed by atoms with Crippen LogP contribution in [-0.4, -0.2) is 33.3 Å². The second-order valence-corrected chi connectivity index (χ2v) is 11.2. The molecule has 4 unspecified atom stereocenters. The molecular formula is C31H30N2O5S. The number of nitrogens with zero attached hydrogens (tertiary/aromatic N) is 1. The van der Waals surface area contributed by atoms with Gasteiger partial charge in [0.2, 0.25) is 5.78 Å². The number of carboxylic acids is 1. The lowest BCUT2D eigenvalue weighted by Crippen LogP contribution is -2.55. The highest BCUT2D eigenvalue weighted by Crippen LogP contribution is 2.58. The highest BCUT2D eigenvalue weighted by molar-refractivity contribution is 7.10. The largest absolute Gasteiger partial charge is 0.479 e. The van der Waals surface area contributed by atoms with E-state index in [0.29, 0.717) is 17.0 Å². The molecule has 1 aliphatic heterocycles. The Kier molecular flexibility index (Phi) is 6.91. The Morgan fingerprint density at radius 2 is 1.64 bits per heavy atom. The fourth-order valence-electron chi connectivity index (χ4n) is 5.68. The normalized spacial score (nSPS) is 22.6. The second-order valence-electron chi connectivity index (χ2n) is 10.2. The van der Waals surface area contributed by atoms with Crippen LogP contribution in [0.1, 0.15) is 56.8 Å². The van der Waals surface area contributed by atoms with E-state index in [9.17, 15) is 19.5 Å². The molecule has 0 saturated carbocycles. The van der Waals surface area contributed by atoms with E-state index in [1.54, 1.807) is 50.2 Å². The third-order valence-corrected chi connectivity index (χ3v) is 8.75. The predicted octanol–water partition coefficient (Wildman–Crippen LogP) is 6.98. The monoisotopic (exact) mass is 542 g/mol.